The number of benzene rings is 1. The molecule has 1 aromatic carbocycles. The first kappa shape index (κ1) is 19.8. The Bertz CT molecular complexity index is 824. The predicted octanol–water partition coefficient (Wildman–Crippen LogP) is 4.20. The van der Waals surface area contributed by atoms with E-state index in [1.807, 2.05) is 4.90 Å². The molecule has 2 amide bonds. The molecule has 1 aliphatic heterocycles. The standard InChI is InChI=1S/C19H23ClN4O2S/c1-12(2)9-16(25)24-8-4-5-13(11-24)18-22-23-19(27-18)17(26)21-15-7-3-6-14(20)10-15/h3,6-7,10,12-13H,4-5,8-9,11H2,1-2H3,(H,21,26)/t13-/m0/s1. The molecule has 1 saturated heterocycles. The predicted molar refractivity (Wildman–Crippen MR) is 107 cm³/mol. The van der Waals surface area contributed by atoms with Crippen molar-refractivity contribution < 1.29 is 9.59 Å². The van der Waals surface area contributed by atoms with Crippen LogP contribution in [0.2, 0.25) is 5.02 Å². The van der Waals surface area contributed by atoms with Crippen LogP contribution in [0.1, 0.15) is 53.8 Å². The summed E-state index contributed by atoms with van der Waals surface area (Å²) in [4.78, 5) is 26.7. The zero-order valence-corrected chi connectivity index (χ0v) is 17.0. The molecule has 1 aliphatic rings. The van der Waals surface area contributed by atoms with Crippen LogP contribution in [-0.4, -0.2) is 40.0 Å². The van der Waals surface area contributed by atoms with Crippen molar-refractivity contribution in [2.24, 2.45) is 5.92 Å². The number of anilines is 1. The molecule has 1 aromatic heterocycles. The first-order chi connectivity index (χ1) is 12.9. The zero-order chi connectivity index (χ0) is 19.4. The number of carbonyl (C=O) groups is 2. The average Bonchev–Trinajstić information content (AvgIpc) is 3.11. The summed E-state index contributed by atoms with van der Waals surface area (Å²) in [6.07, 6.45) is 2.46. The van der Waals surface area contributed by atoms with Gasteiger partial charge in [-0.15, -0.1) is 10.2 Å². The van der Waals surface area contributed by atoms with E-state index in [9.17, 15) is 9.59 Å². The van der Waals surface area contributed by atoms with Crippen LogP contribution in [-0.2, 0) is 4.79 Å². The Hall–Kier alpha value is -1.99. The summed E-state index contributed by atoms with van der Waals surface area (Å²) >= 11 is 7.24. The lowest BCUT2D eigenvalue weighted by Crippen LogP contribution is -2.39. The number of carbonyl (C=O) groups excluding carboxylic acids is 2. The highest BCUT2D eigenvalue weighted by atomic mass is 35.5. The number of halogens is 1. The number of piperidine rings is 1. The van der Waals surface area contributed by atoms with E-state index in [-0.39, 0.29) is 17.7 Å². The number of amides is 2. The molecule has 2 aromatic rings. The molecule has 1 N–H and O–H groups in total. The van der Waals surface area contributed by atoms with Crippen molar-refractivity contribution in [3.63, 3.8) is 0 Å². The van der Waals surface area contributed by atoms with Crippen molar-refractivity contribution >= 4 is 40.4 Å². The summed E-state index contributed by atoms with van der Waals surface area (Å²) in [6.45, 7) is 5.54. The van der Waals surface area contributed by atoms with E-state index < -0.39 is 0 Å². The van der Waals surface area contributed by atoms with E-state index >= 15 is 0 Å². The number of rotatable bonds is 5. The zero-order valence-electron chi connectivity index (χ0n) is 15.4. The number of nitrogens with zero attached hydrogens (tertiary/aromatic N) is 3. The smallest absolute Gasteiger partial charge is 0.286 e. The van der Waals surface area contributed by atoms with Crippen molar-refractivity contribution in [2.75, 3.05) is 18.4 Å². The number of hydrogen-bond donors (Lipinski definition) is 1. The normalized spacial score (nSPS) is 17.2. The Kier molecular flexibility index (Phi) is 6.44. The maximum absolute atomic E-state index is 12.4. The molecule has 3 rings (SSSR count). The van der Waals surface area contributed by atoms with Gasteiger partial charge in [0.15, 0.2) is 0 Å². The molecule has 0 radical (unpaired) electrons. The molecule has 0 aliphatic carbocycles. The van der Waals surface area contributed by atoms with Gasteiger partial charge < -0.3 is 10.2 Å². The lowest BCUT2D eigenvalue weighted by molar-refractivity contribution is -0.133. The van der Waals surface area contributed by atoms with Crippen molar-refractivity contribution in [1.82, 2.24) is 15.1 Å². The van der Waals surface area contributed by atoms with Gasteiger partial charge in [0.1, 0.15) is 5.01 Å². The molecule has 0 spiro atoms. The van der Waals surface area contributed by atoms with Gasteiger partial charge in [0.05, 0.1) is 0 Å². The minimum Gasteiger partial charge on any atom is -0.342 e. The van der Waals surface area contributed by atoms with E-state index in [2.05, 4.69) is 29.4 Å². The Morgan fingerprint density at radius 2 is 2.19 bits per heavy atom. The van der Waals surface area contributed by atoms with Crippen LogP contribution in [0.4, 0.5) is 5.69 Å². The maximum Gasteiger partial charge on any atom is 0.286 e. The molecular weight excluding hydrogens is 384 g/mol. The summed E-state index contributed by atoms with van der Waals surface area (Å²) in [5, 5.41) is 12.7. The second kappa shape index (κ2) is 8.80. The van der Waals surface area contributed by atoms with Gasteiger partial charge in [-0.3, -0.25) is 9.59 Å². The molecule has 1 fully saturated rings. The Balaban J connectivity index is 1.64. The van der Waals surface area contributed by atoms with E-state index in [1.165, 1.54) is 11.3 Å². The minimum atomic E-state index is -0.301. The van der Waals surface area contributed by atoms with Crippen LogP contribution < -0.4 is 5.32 Å². The molecule has 0 bridgehead atoms. The second-order valence-electron chi connectivity index (χ2n) is 7.19. The van der Waals surface area contributed by atoms with Gasteiger partial charge in [0, 0.05) is 36.1 Å². The monoisotopic (exact) mass is 406 g/mol. The average molecular weight is 407 g/mol. The number of nitrogens with one attached hydrogen (secondary N) is 1. The SMILES string of the molecule is CC(C)CC(=O)N1CCC[C@H](c2nnc(C(=O)Nc3cccc(Cl)c3)s2)C1. The summed E-state index contributed by atoms with van der Waals surface area (Å²) in [7, 11) is 0. The van der Waals surface area contributed by atoms with Gasteiger partial charge in [-0.2, -0.15) is 0 Å². The fraction of sp³-hybridized carbons (Fsp3) is 0.474. The van der Waals surface area contributed by atoms with Crippen LogP contribution in [0.15, 0.2) is 24.3 Å². The van der Waals surface area contributed by atoms with Crippen molar-refractivity contribution in [1.29, 1.82) is 0 Å². The lowest BCUT2D eigenvalue weighted by atomic mass is 9.98. The third-order valence-electron chi connectivity index (χ3n) is 4.42. The van der Waals surface area contributed by atoms with E-state index in [0.717, 1.165) is 24.4 Å². The van der Waals surface area contributed by atoms with Crippen LogP contribution >= 0.6 is 22.9 Å². The van der Waals surface area contributed by atoms with Gasteiger partial charge in [0.2, 0.25) is 10.9 Å². The Morgan fingerprint density at radius 3 is 2.93 bits per heavy atom. The molecule has 6 nitrogen and oxygen atoms in total. The fourth-order valence-corrected chi connectivity index (χ4v) is 4.18. The first-order valence-corrected chi connectivity index (χ1v) is 10.3. The number of likely N-dealkylation sites (tertiary alicyclic amines) is 1. The van der Waals surface area contributed by atoms with Gasteiger partial charge in [0.25, 0.3) is 5.91 Å². The Labute approximate surface area is 167 Å². The van der Waals surface area contributed by atoms with Crippen LogP contribution in [0.25, 0.3) is 0 Å². The van der Waals surface area contributed by atoms with Gasteiger partial charge >= 0.3 is 0 Å². The maximum atomic E-state index is 12.4. The molecular formula is C19H23ClN4O2S. The quantitative estimate of drug-likeness (QED) is 0.807. The van der Waals surface area contributed by atoms with Gasteiger partial charge in [-0.05, 0) is 37.0 Å². The third-order valence-corrected chi connectivity index (χ3v) is 5.74. The van der Waals surface area contributed by atoms with Crippen LogP contribution in [0.5, 0.6) is 0 Å². The van der Waals surface area contributed by atoms with Gasteiger partial charge in [-0.25, -0.2) is 0 Å². The fourth-order valence-electron chi connectivity index (χ4n) is 3.13. The van der Waals surface area contributed by atoms with Gasteiger partial charge in [-0.1, -0.05) is 42.9 Å². The highest BCUT2D eigenvalue weighted by Crippen LogP contribution is 2.30. The highest BCUT2D eigenvalue weighted by molar-refractivity contribution is 7.13. The van der Waals surface area contributed by atoms with Crippen molar-refractivity contribution in [3.05, 3.63) is 39.3 Å². The highest BCUT2D eigenvalue weighted by Gasteiger charge is 2.28. The summed E-state index contributed by atoms with van der Waals surface area (Å²) < 4.78 is 0. The summed E-state index contributed by atoms with van der Waals surface area (Å²) in [6, 6.07) is 6.97. The molecule has 0 saturated carbocycles. The Morgan fingerprint density at radius 1 is 1.37 bits per heavy atom. The molecule has 27 heavy (non-hydrogen) atoms. The minimum absolute atomic E-state index is 0.139. The lowest BCUT2D eigenvalue weighted by Gasteiger charge is -2.32. The molecule has 1 atom stereocenters. The number of hydrogen-bond acceptors (Lipinski definition) is 5. The molecule has 144 valence electrons. The van der Waals surface area contributed by atoms with Crippen molar-refractivity contribution in [2.45, 2.75) is 39.0 Å². The number of aromatic nitrogens is 2. The largest absolute Gasteiger partial charge is 0.342 e. The van der Waals surface area contributed by atoms with E-state index in [4.69, 9.17) is 11.6 Å². The van der Waals surface area contributed by atoms with Crippen LogP contribution in [0, 0.1) is 5.92 Å². The molecule has 2 heterocycles. The van der Waals surface area contributed by atoms with E-state index in [0.29, 0.717) is 34.6 Å². The molecule has 8 heteroatoms. The summed E-state index contributed by atoms with van der Waals surface area (Å²) in [5.74, 6) is 0.379. The second-order valence-corrected chi connectivity index (χ2v) is 8.63. The third kappa shape index (κ3) is 5.26. The van der Waals surface area contributed by atoms with Crippen molar-refractivity contribution in [3.8, 4) is 0 Å². The molecule has 0 unspecified atom stereocenters. The topological polar surface area (TPSA) is 75.2 Å². The van der Waals surface area contributed by atoms with Crippen LogP contribution in [0.3, 0.4) is 0 Å². The summed E-state index contributed by atoms with van der Waals surface area (Å²) in [5.41, 5.74) is 0.618. The first-order valence-electron chi connectivity index (χ1n) is 9.10. The van der Waals surface area contributed by atoms with E-state index in [1.54, 1.807) is 24.3 Å².